The molecule has 19 heavy (non-hydrogen) atoms. The van der Waals surface area contributed by atoms with Gasteiger partial charge < -0.3 is 15.6 Å². The zero-order valence-electron chi connectivity index (χ0n) is 10.4. The minimum absolute atomic E-state index is 0.181. The van der Waals surface area contributed by atoms with Gasteiger partial charge in [-0.25, -0.2) is 9.97 Å². The lowest BCUT2D eigenvalue weighted by atomic mass is 10.2. The van der Waals surface area contributed by atoms with E-state index < -0.39 is 0 Å². The smallest absolute Gasteiger partial charge is 0.255 e. The number of carbonyl (C=O) groups is 1. The van der Waals surface area contributed by atoms with Crippen LogP contribution in [0.1, 0.15) is 23.0 Å². The Morgan fingerprint density at radius 3 is 3.00 bits per heavy atom. The first kappa shape index (κ1) is 13.5. The van der Waals surface area contributed by atoms with E-state index in [1.807, 2.05) is 6.92 Å². The van der Waals surface area contributed by atoms with E-state index >= 15 is 0 Å². The first-order valence-electron chi connectivity index (χ1n) is 5.85. The van der Waals surface area contributed by atoms with Gasteiger partial charge in [-0.05, 0) is 28.9 Å². The number of hydrogen-bond donors (Lipinski definition) is 3. The second kappa shape index (κ2) is 6.33. The van der Waals surface area contributed by atoms with Crippen LogP contribution in [0.4, 0.5) is 5.82 Å². The van der Waals surface area contributed by atoms with Crippen molar-refractivity contribution >= 4 is 27.7 Å². The van der Waals surface area contributed by atoms with E-state index in [4.69, 9.17) is 0 Å². The van der Waals surface area contributed by atoms with Gasteiger partial charge in [0, 0.05) is 23.4 Å². The number of imidazole rings is 1. The maximum absolute atomic E-state index is 12.1. The summed E-state index contributed by atoms with van der Waals surface area (Å²) < 4.78 is 0.765. The van der Waals surface area contributed by atoms with E-state index in [2.05, 4.69) is 41.5 Å². The minimum Gasteiger partial charge on any atom is -0.370 e. The van der Waals surface area contributed by atoms with Crippen LogP contribution in [-0.2, 0) is 6.54 Å². The highest BCUT2D eigenvalue weighted by atomic mass is 79.9. The number of amides is 1. The number of rotatable bonds is 5. The first-order chi connectivity index (χ1) is 9.20. The molecule has 0 aliphatic rings. The molecule has 0 aliphatic carbocycles. The van der Waals surface area contributed by atoms with E-state index in [0.29, 0.717) is 24.5 Å². The Balaban J connectivity index is 2.11. The van der Waals surface area contributed by atoms with Crippen molar-refractivity contribution in [3.63, 3.8) is 0 Å². The lowest BCUT2D eigenvalue weighted by Crippen LogP contribution is -2.24. The Hall–Kier alpha value is -1.89. The van der Waals surface area contributed by atoms with Crippen molar-refractivity contribution in [2.24, 2.45) is 0 Å². The molecule has 0 aliphatic heterocycles. The molecule has 3 N–H and O–H groups in total. The molecule has 0 saturated carbocycles. The van der Waals surface area contributed by atoms with Crippen LogP contribution in [0.5, 0.6) is 0 Å². The van der Waals surface area contributed by atoms with Gasteiger partial charge >= 0.3 is 0 Å². The molecule has 2 aromatic rings. The molecule has 0 bridgehead atoms. The number of nitrogens with zero attached hydrogens (tertiary/aromatic N) is 2. The molecule has 6 nitrogen and oxygen atoms in total. The van der Waals surface area contributed by atoms with Gasteiger partial charge in [0.25, 0.3) is 5.91 Å². The number of hydrogen-bond acceptors (Lipinski definition) is 4. The fourth-order valence-corrected chi connectivity index (χ4v) is 1.90. The summed E-state index contributed by atoms with van der Waals surface area (Å²) in [4.78, 5) is 23.2. The quantitative estimate of drug-likeness (QED) is 0.785. The molecule has 0 unspecified atom stereocenters. The molecule has 2 heterocycles. The van der Waals surface area contributed by atoms with E-state index in [1.54, 1.807) is 24.8 Å². The van der Waals surface area contributed by atoms with Crippen molar-refractivity contribution in [3.05, 3.63) is 40.5 Å². The number of H-pyrrole nitrogens is 1. The zero-order valence-corrected chi connectivity index (χ0v) is 12.0. The number of anilines is 1. The summed E-state index contributed by atoms with van der Waals surface area (Å²) in [7, 11) is 0. The molecule has 0 aromatic carbocycles. The van der Waals surface area contributed by atoms with Gasteiger partial charge in [0.1, 0.15) is 5.82 Å². The number of halogens is 1. The normalized spacial score (nSPS) is 10.2. The molecule has 0 spiro atoms. The van der Waals surface area contributed by atoms with Crippen LogP contribution in [0, 0.1) is 0 Å². The lowest BCUT2D eigenvalue weighted by Gasteiger charge is -2.10. The van der Waals surface area contributed by atoms with Crippen molar-refractivity contribution in [2.45, 2.75) is 13.5 Å². The third-order valence-electron chi connectivity index (χ3n) is 2.44. The molecule has 2 rings (SSSR count). The SMILES string of the molecule is CCNc1ncc(Br)cc1C(=O)NCc1cnc[nH]1. The Labute approximate surface area is 119 Å². The van der Waals surface area contributed by atoms with Crippen LogP contribution in [0.25, 0.3) is 0 Å². The average molecular weight is 324 g/mol. The second-order valence-electron chi connectivity index (χ2n) is 3.84. The Morgan fingerprint density at radius 1 is 1.47 bits per heavy atom. The van der Waals surface area contributed by atoms with Gasteiger partial charge in [0.05, 0.1) is 24.1 Å². The second-order valence-corrected chi connectivity index (χ2v) is 4.76. The van der Waals surface area contributed by atoms with Gasteiger partial charge in [-0.3, -0.25) is 4.79 Å². The molecule has 1 amide bonds. The third-order valence-corrected chi connectivity index (χ3v) is 2.87. The van der Waals surface area contributed by atoms with E-state index in [-0.39, 0.29) is 5.91 Å². The summed E-state index contributed by atoms with van der Waals surface area (Å²) in [6, 6.07) is 1.74. The van der Waals surface area contributed by atoms with E-state index in [9.17, 15) is 4.79 Å². The lowest BCUT2D eigenvalue weighted by molar-refractivity contribution is 0.0951. The number of carbonyl (C=O) groups excluding carboxylic acids is 1. The standard InChI is InChI=1S/C12H14BrN5O/c1-2-15-11-10(3-8(13)4-16-11)12(19)17-6-9-5-14-7-18-9/h3-5,7H,2,6H2,1H3,(H,14,18)(H,15,16)(H,17,19). The molecule has 0 saturated heterocycles. The first-order valence-corrected chi connectivity index (χ1v) is 6.65. The third kappa shape index (κ3) is 3.54. The molecular formula is C12H14BrN5O. The maximum atomic E-state index is 12.1. The number of aromatic nitrogens is 3. The van der Waals surface area contributed by atoms with Crippen molar-refractivity contribution in [3.8, 4) is 0 Å². The predicted molar refractivity (Wildman–Crippen MR) is 75.9 cm³/mol. The van der Waals surface area contributed by atoms with Gasteiger partial charge in [-0.15, -0.1) is 0 Å². The van der Waals surface area contributed by atoms with E-state index in [0.717, 1.165) is 10.2 Å². The Kier molecular flexibility index (Phi) is 4.51. The topological polar surface area (TPSA) is 82.7 Å². The Morgan fingerprint density at radius 2 is 2.32 bits per heavy atom. The molecule has 0 atom stereocenters. The summed E-state index contributed by atoms with van der Waals surface area (Å²) >= 11 is 3.32. The molecule has 0 radical (unpaired) electrons. The highest BCUT2D eigenvalue weighted by Crippen LogP contribution is 2.17. The van der Waals surface area contributed by atoms with Crippen molar-refractivity contribution in [1.29, 1.82) is 0 Å². The van der Waals surface area contributed by atoms with Gasteiger partial charge in [0.15, 0.2) is 0 Å². The maximum Gasteiger partial charge on any atom is 0.255 e. The Bertz CT molecular complexity index is 555. The van der Waals surface area contributed by atoms with Crippen LogP contribution in [-0.4, -0.2) is 27.4 Å². The van der Waals surface area contributed by atoms with Crippen LogP contribution >= 0.6 is 15.9 Å². The number of pyridine rings is 1. The molecule has 2 aromatic heterocycles. The van der Waals surface area contributed by atoms with Gasteiger partial charge in [-0.2, -0.15) is 0 Å². The van der Waals surface area contributed by atoms with E-state index in [1.165, 1.54) is 0 Å². The van der Waals surface area contributed by atoms with Crippen molar-refractivity contribution in [1.82, 2.24) is 20.3 Å². The average Bonchev–Trinajstić information content (AvgIpc) is 2.91. The van der Waals surface area contributed by atoms with Crippen LogP contribution < -0.4 is 10.6 Å². The number of aromatic amines is 1. The molecule has 0 fully saturated rings. The van der Waals surface area contributed by atoms with Gasteiger partial charge in [-0.1, -0.05) is 0 Å². The fourth-order valence-electron chi connectivity index (χ4n) is 1.57. The monoisotopic (exact) mass is 323 g/mol. The van der Waals surface area contributed by atoms with Crippen molar-refractivity contribution in [2.75, 3.05) is 11.9 Å². The summed E-state index contributed by atoms with van der Waals surface area (Å²) in [6.45, 7) is 3.06. The predicted octanol–water partition coefficient (Wildman–Crippen LogP) is 1.93. The van der Waals surface area contributed by atoms with Crippen LogP contribution in [0.2, 0.25) is 0 Å². The summed E-state index contributed by atoms with van der Waals surface area (Å²) in [5.41, 5.74) is 1.36. The molecular weight excluding hydrogens is 310 g/mol. The summed E-state index contributed by atoms with van der Waals surface area (Å²) in [6.07, 6.45) is 4.90. The highest BCUT2D eigenvalue weighted by Gasteiger charge is 2.13. The van der Waals surface area contributed by atoms with Crippen molar-refractivity contribution < 1.29 is 4.79 Å². The van der Waals surface area contributed by atoms with Gasteiger partial charge in [0.2, 0.25) is 0 Å². The summed E-state index contributed by atoms with van der Waals surface area (Å²) in [5, 5.41) is 5.88. The van der Waals surface area contributed by atoms with Crippen LogP contribution in [0.15, 0.2) is 29.3 Å². The fraction of sp³-hybridized carbons (Fsp3) is 0.250. The zero-order chi connectivity index (χ0) is 13.7. The highest BCUT2D eigenvalue weighted by molar-refractivity contribution is 9.10. The molecule has 100 valence electrons. The summed E-state index contributed by atoms with van der Waals surface area (Å²) in [5.74, 6) is 0.396. The largest absolute Gasteiger partial charge is 0.370 e. The molecule has 7 heteroatoms. The number of nitrogens with one attached hydrogen (secondary N) is 3. The minimum atomic E-state index is -0.181. The van der Waals surface area contributed by atoms with Crippen LogP contribution in [0.3, 0.4) is 0 Å².